The molecule has 0 aromatic rings. The van der Waals surface area contributed by atoms with E-state index in [1.165, 1.54) is 24.6 Å². The van der Waals surface area contributed by atoms with E-state index in [4.69, 9.17) is 10.9 Å². The fourth-order valence-electron chi connectivity index (χ4n) is 1.83. The van der Waals surface area contributed by atoms with E-state index in [1.54, 1.807) is 0 Å². The molecule has 1 heterocycles. The van der Waals surface area contributed by atoms with E-state index >= 15 is 0 Å². The Morgan fingerprint density at radius 3 is 2.62 bits per heavy atom. The molecule has 1 rings (SSSR count). The minimum Gasteiger partial charge on any atom is -0.409 e. The number of rotatable bonds is 5. The molecule has 5 heteroatoms. The van der Waals surface area contributed by atoms with Gasteiger partial charge in [0.25, 0.3) is 0 Å². The summed E-state index contributed by atoms with van der Waals surface area (Å²) in [5, 5.41) is 11.8. The first-order valence-corrected chi connectivity index (χ1v) is 7.00. The Bertz CT molecular complexity index is 237. The second-order valence-electron chi connectivity index (χ2n) is 4.93. The third-order valence-electron chi connectivity index (χ3n) is 3.18. The Morgan fingerprint density at radius 2 is 2.06 bits per heavy atom. The van der Waals surface area contributed by atoms with Crippen molar-refractivity contribution in [2.45, 2.75) is 26.7 Å². The molecule has 0 aromatic heterocycles. The summed E-state index contributed by atoms with van der Waals surface area (Å²) in [4.78, 5) is 2.50. The van der Waals surface area contributed by atoms with Crippen molar-refractivity contribution in [3.05, 3.63) is 0 Å². The van der Waals surface area contributed by atoms with Crippen molar-refractivity contribution < 1.29 is 5.21 Å². The van der Waals surface area contributed by atoms with Gasteiger partial charge < -0.3 is 15.8 Å². The number of nitrogens with zero attached hydrogens (tertiary/aromatic N) is 2. The molecule has 0 spiro atoms. The molecule has 16 heavy (non-hydrogen) atoms. The lowest BCUT2D eigenvalue weighted by atomic mass is 9.86. The van der Waals surface area contributed by atoms with Crippen LogP contribution in [0.5, 0.6) is 0 Å². The zero-order valence-corrected chi connectivity index (χ0v) is 11.1. The number of amidine groups is 1. The van der Waals surface area contributed by atoms with Gasteiger partial charge >= 0.3 is 0 Å². The highest BCUT2D eigenvalue weighted by molar-refractivity contribution is 7.99. The lowest BCUT2D eigenvalue weighted by Gasteiger charge is -2.28. The van der Waals surface area contributed by atoms with Crippen LogP contribution in [0.2, 0.25) is 0 Å². The van der Waals surface area contributed by atoms with Gasteiger partial charge in [-0.05, 0) is 19.4 Å². The second kappa shape index (κ2) is 6.35. The zero-order valence-electron chi connectivity index (χ0n) is 10.3. The van der Waals surface area contributed by atoms with E-state index in [0.717, 1.165) is 19.4 Å². The van der Waals surface area contributed by atoms with Crippen molar-refractivity contribution in [1.29, 1.82) is 0 Å². The van der Waals surface area contributed by atoms with Crippen LogP contribution in [-0.2, 0) is 0 Å². The minimum atomic E-state index is -0.195. The van der Waals surface area contributed by atoms with E-state index < -0.39 is 0 Å². The smallest absolute Gasteiger partial charge is 0.144 e. The van der Waals surface area contributed by atoms with E-state index in [-0.39, 0.29) is 5.41 Å². The van der Waals surface area contributed by atoms with Gasteiger partial charge in [-0.25, -0.2) is 0 Å². The molecular formula is C11H23N3OS. The van der Waals surface area contributed by atoms with Gasteiger partial charge in [-0.2, -0.15) is 11.8 Å². The summed E-state index contributed by atoms with van der Waals surface area (Å²) in [5.74, 6) is 2.84. The Labute approximate surface area is 102 Å². The fraction of sp³-hybridized carbons (Fsp3) is 0.909. The van der Waals surface area contributed by atoms with Crippen molar-refractivity contribution in [3.8, 4) is 0 Å². The van der Waals surface area contributed by atoms with Crippen LogP contribution < -0.4 is 5.73 Å². The molecule has 0 atom stereocenters. The van der Waals surface area contributed by atoms with Crippen molar-refractivity contribution in [1.82, 2.24) is 4.90 Å². The van der Waals surface area contributed by atoms with Crippen LogP contribution in [-0.4, -0.2) is 47.1 Å². The summed E-state index contributed by atoms with van der Waals surface area (Å²) >= 11 is 2.03. The third-order valence-corrected chi connectivity index (χ3v) is 4.12. The number of oxime groups is 1. The first-order chi connectivity index (χ1) is 7.56. The summed E-state index contributed by atoms with van der Waals surface area (Å²) in [6.07, 6.45) is 2.07. The van der Waals surface area contributed by atoms with Crippen LogP contribution in [0.4, 0.5) is 0 Å². The minimum absolute atomic E-state index is 0.195. The van der Waals surface area contributed by atoms with Gasteiger partial charge in [-0.3, -0.25) is 0 Å². The standard InChI is InChI=1S/C11H23N3OS/c1-11(2,10(12)13-15)4-3-5-14-6-8-16-9-7-14/h15H,3-9H2,1-2H3,(H2,12,13). The molecule has 94 valence electrons. The molecule has 0 aromatic carbocycles. The zero-order chi connectivity index (χ0) is 12.0. The van der Waals surface area contributed by atoms with Gasteiger partial charge in [0.15, 0.2) is 0 Å². The van der Waals surface area contributed by atoms with E-state index in [1.807, 2.05) is 25.6 Å². The highest BCUT2D eigenvalue weighted by atomic mass is 32.2. The predicted molar refractivity (Wildman–Crippen MR) is 70.2 cm³/mol. The molecule has 1 aliphatic rings. The normalized spacial score (nSPS) is 20.0. The molecule has 0 aliphatic carbocycles. The number of nitrogens with two attached hydrogens (primary N) is 1. The number of hydrogen-bond donors (Lipinski definition) is 2. The maximum atomic E-state index is 8.67. The van der Waals surface area contributed by atoms with Gasteiger partial charge in [-0.15, -0.1) is 0 Å². The molecule has 0 radical (unpaired) electrons. The van der Waals surface area contributed by atoms with E-state index in [0.29, 0.717) is 5.84 Å². The number of thioether (sulfide) groups is 1. The van der Waals surface area contributed by atoms with E-state index in [2.05, 4.69) is 10.1 Å². The summed E-state index contributed by atoms with van der Waals surface area (Å²) < 4.78 is 0. The van der Waals surface area contributed by atoms with Gasteiger partial charge in [0.1, 0.15) is 5.84 Å². The van der Waals surface area contributed by atoms with E-state index in [9.17, 15) is 0 Å². The molecule has 3 N–H and O–H groups in total. The fourth-order valence-corrected chi connectivity index (χ4v) is 2.81. The summed E-state index contributed by atoms with van der Waals surface area (Å²) in [6, 6.07) is 0. The largest absolute Gasteiger partial charge is 0.409 e. The molecule has 1 fully saturated rings. The first kappa shape index (κ1) is 13.6. The molecule has 1 aliphatic heterocycles. The van der Waals surface area contributed by atoms with Crippen LogP contribution >= 0.6 is 11.8 Å². The van der Waals surface area contributed by atoms with Crippen molar-refractivity contribution in [2.75, 3.05) is 31.1 Å². The average molecular weight is 245 g/mol. The highest BCUT2D eigenvalue weighted by Gasteiger charge is 2.23. The summed E-state index contributed by atoms with van der Waals surface area (Å²) in [7, 11) is 0. The van der Waals surface area contributed by atoms with Crippen LogP contribution in [0.1, 0.15) is 26.7 Å². The van der Waals surface area contributed by atoms with Crippen molar-refractivity contribution in [2.24, 2.45) is 16.3 Å². The molecule has 0 bridgehead atoms. The third kappa shape index (κ3) is 4.22. The van der Waals surface area contributed by atoms with Gasteiger partial charge in [0.05, 0.1) is 0 Å². The molecular weight excluding hydrogens is 222 g/mol. The van der Waals surface area contributed by atoms with Crippen LogP contribution in [0, 0.1) is 5.41 Å². The van der Waals surface area contributed by atoms with Gasteiger partial charge in [0.2, 0.25) is 0 Å². The van der Waals surface area contributed by atoms with Crippen LogP contribution in [0.3, 0.4) is 0 Å². The topological polar surface area (TPSA) is 61.8 Å². The SMILES string of the molecule is CC(C)(CCCN1CCSCC1)C(N)=NO. The summed E-state index contributed by atoms with van der Waals surface area (Å²) in [5.41, 5.74) is 5.46. The van der Waals surface area contributed by atoms with Gasteiger partial charge in [0, 0.05) is 30.0 Å². The number of hydrogen-bond acceptors (Lipinski definition) is 4. The van der Waals surface area contributed by atoms with Gasteiger partial charge in [-0.1, -0.05) is 19.0 Å². The maximum Gasteiger partial charge on any atom is 0.144 e. The molecule has 1 saturated heterocycles. The summed E-state index contributed by atoms with van der Waals surface area (Å²) in [6.45, 7) is 7.58. The Balaban J connectivity index is 2.23. The Hall–Kier alpha value is -0.420. The lowest BCUT2D eigenvalue weighted by molar-refractivity contribution is 0.275. The monoisotopic (exact) mass is 245 g/mol. The predicted octanol–water partition coefficient (Wildman–Crippen LogP) is 1.59. The Kier molecular flexibility index (Phi) is 5.41. The quantitative estimate of drug-likeness (QED) is 0.334. The Morgan fingerprint density at radius 1 is 1.44 bits per heavy atom. The second-order valence-corrected chi connectivity index (χ2v) is 6.15. The van der Waals surface area contributed by atoms with Crippen LogP contribution in [0.25, 0.3) is 0 Å². The molecule has 0 amide bonds. The maximum absolute atomic E-state index is 8.67. The molecule has 0 unspecified atom stereocenters. The molecule has 4 nitrogen and oxygen atoms in total. The van der Waals surface area contributed by atoms with Crippen LogP contribution in [0.15, 0.2) is 5.16 Å². The molecule has 0 saturated carbocycles. The van der Waals surface area contributed by atoms with Crippen molar-refractivity contribution >= 4 is 17.6 Å². The highest BCUT2D eigenvalue weighted by Crippen LogP contribution is 2.23. The first-order valence-electron chi connectivity index (χ1n) is 5.84. The van der Waals surface area contributed by atoms with Crippen molar-refractivity contribution in [3.63, 3.8) is 0 Å². The average Bonchev–Trinajstić information content (AvgIpc) is 2.29. The lowest BCUT2D eigenvalue weighted by Crippen LogP contribution is -2.36.